The Labute approximate surface area is 104 Å². The first-order valence-electron chi connectivity index (χ1n) is 5.80. The summed E-state index contributed by atoms with van der Waals surface area (Å²) in [5, 5.41) is 6.27. The highest BCUT2D eigenvalue weighted by molar-refractivity contribution is 7.16. The zero-order valence-electron chi connectivity index (χ0n) is 9.99. The van der Waals surface area contributed by atoms with Crippen LogP contribution in [0.4, 0.5) is 5.82 Å². The summed E-state index contributed by atoms with van der Waals surface area (Å²) < 4.78 is 5.80. The van der Waals surface area contributed by atoms with E-state index in [1.54, 1.807) is 11.3 Å². The van der Waals surface area contributed by atoms with Crippen molar-refractivity contribution in [2.75, 3.05) is 19.0 Å². The van der Waals surface area contributed by atoms with Crippen molar-refractivity contribution in [1.29, 1.82) is 0 Å². The van der Waals surface area contributed by atoms with Crippen molar-refractivity contribution in [1.82, 2.24) is 9.97 Å². The van der Waals surface area contributed by atoms with Gasteiger partial charge in [0.2, 0.25) is 0 Å². The molecule has 17 heavy (non-hydrogen) atoms. The van der Waals surface area contributed by atoms with Crippen molar-refractivity contribution in [3.05, 3.63) is 17.3 Å². The molecule has 2 aromatic rings. The number of nitrogens with one attached hydrogen (secondary N) is 1. The Morgan fingerprint density at radius 2 is 2.35 bits per heavy atom. The van der Waals surface area contributed by atoms with E-state index in [2.05, 4.69) is 22.2 Å². The van der Waals surface area contributed by atoms with Crippen LogP contribution in [0.2, 0.25) is 0 Å². The van der Waals surface area contributed by atoms with Gasteiger partial charge in [-0.05, 0) is 31.2 Å². The lowest BCUT2D eigenvalue weighted by molar-refractivity contribution is 0.00977. The van der Waals surface area contributed by atoms with Crippen LogP contribution in [0.15, 0.2) is 11.4 Å². The lowest BCUT2D eigenvalue weighted by atomic mass is 10.0. The normalized spacial score (nSPS) is 24.4. The second-order valence-corrected chi connectivity index (χ2v) is 5.36. The molecule has 0 spiro atoms. The molecule has 1 aliphatic rings. The van der Waals surface area contributed by atoms with Crippen molar-refractivity contribution in [3.63, 3.8) is 0 Å². The lowest BCUT2D eigenvalue weighted by Gasteiger charge is -2.21. The number of hydrogen-bond donors (Lipinski definition) is 1. The molecule has 0 amide bonds. The lowest BCUT2D eigenvalue weighted by Crippen LogP contribution is -2.23. The molecule has 1 saturated heterocycles. The van der Waals surface area contributed by atoms with Gasteiger partial charge in [0, 0.05) is 13.7 Å². The fourth-order valence-corrected chi connectivity index (χ4v) is 3.00. The predicted molar refractivity (Wildman–Crippen MR) is 69.5 cm³/mol. The average molecular weight is 249 g/mol. The van der Waals surface area contributed by atoms with Crippen molar-refractivity contribution in [3.8, 4) is 0 Å². The van der Waals surface area contributed by atoms with E-state index in [-0.39, 0.29) is 5.60 Å². The standard InChI is InChI=1S/C12H15N3OS/c1-12(5-3-6-16-12)11-14-9(13-2)8-4-7-17-10(8)15-11/h4,7H,3,5-6H2,1-2H3,(H,13,14,15). The zero-order chi connectivity index (χ0) is 11.9. The van der Waals surface area contributed by atoms with Gasteiger partial charge < -0.3 is 10.1 Å². The summed E-state index contributed by atoms with van der Waals surface area (Å²) in [6.07, 6.45) is 2.07. The van der Waals surface area contributed by atoms with E-state index in [0.29, 0.717) is 0 Å². The molecule has 3 heterocycles. The van der Waals surface area contributed by atoms with Gasteiger partial charge in [0.15, 0.2) is 5.82 Å². The molecule has 4 nitrogen and oxygen atoms in total. The van der Waals surface area contributed by atoms with Crippen molar-refractivity contribution < 1.29 is 4.74 Å². The van der Waals surface area contributed by atoms with Gasteiger partial charge in [0.1, 0.15) is 16.2 Å². The first kappa shape index (κ1) is 10.9. The Kier molecular flexibility index (Phi) is 2.52. The number of aromatic nitrogens is 2. The third kappa shape index (κ3) is 1.70. The molecular weight excluding hydrogens is 234 g/mol. The van der Waals surface area contributed by atoms with Crippen LogP contribution >= 0.6 is 11.3 Å². The quantitative estimate of drug-likeness (QED) is 0.889. The molecule has 0 aromatic carbocycles. The molecular formula is C12H15N3OS. The molecule has 0 bridgehead atoms. The minimum absolute atomic E-state index is 0.316. The Morgan fingerprint density at radius 3 is 3.06 bits per heavy atom. The summed E-state index contributed by atoms with van der Waals surface area (Å²) in [7, 11) is 1.89. The minimum Gasteiger partial charge on any atom is -0.372 e. The van der Waals surface area contributed by atoms with Gasteiger partial charge in [-0.3, -0.25) is 0 Å². The van der Waals surface area contributed by atoms with Gasteiger partial charge in [-0.1, -0.05) is 0 Å². The van der Waals surface area contributed by atoms with Crippen LogP contribution in [-0.2, 0) is 10.3 Å². The van der Waals surface area contributed by atoms with Gasteiger partial charge in [-0.15, -0.1) is 11.3 Å². The molecule has 1 atom stereocenters. The molecule has 1 aliphatic heterocycles. The van der Waals surface area contributed by atoms with E-state index in [4.69, 9.17) is 4.74 Å². The Bertz CT molecular complexity index is 546. The number of anilines is 1. The highest BCUT2D eigenvalue weighted by Gasteiger charge is 2.35. The summed E-state index contributed by atoms with van der Waals surface area (Å²) in [4.78, 5) is 10.3. The third-order valence-corrected chi connectivity index (χ3v) is 4.06. The van der Waals surface area contributed by atoms with Crippen LogP contribution in [-0.4, -0.2) is 23.6 Å². The maximum Gasteiger partial charge on any atom is 0.163 e. The second-order valence-electron chi connectivity index (χ2n) is 4.47. The number of rotatable bonds is 2. The number of fused-ring (bicyclic) bond motifs is 1. The van der Waals surface area contributed by atoms with E-state index in [9.17, 15) is 0 Å². The van der Waals surface area contributed by atoms with Gasteiger partial charge in [-0.25, -0.2) is 9.97 Å². The Hall–Kier alpha value is -1.20. The molecule has 0 radical (unpaired) electrons. The summed E-state index contributed by atoms with van der Waals surface area (Å²) >= 11 is 1.64. The maximum absolute atomic E-state index is 5.80. The molecule has 90 valence electrons. The first-order chi connectivity index (χ1) is 8.23. The maximum atomic E-state index is 5.80. The molecule has 5 heteroatoms. The van der Waals surface area contributed by atoms with Gasteiger partial charge in [0.05, 0.1) is 5.39 Å². The molecule has 1 N–H and O–H groups in total. The molecule has 1 unspecified atom stereocenters. The van der Waals surface area contributed by atoms with Gasteiger partial charge >= 0.3 is 0 Å². The summed E-state index contributed by atoms with van der Waals surface area (Å²) in [5.41, 5.74) is -0.316. The number of thiophene rings is 1. The highest BCUT2D eigenvalue weighted by Crippen LogP contribution is 2.36. The fourth-order valence-electron chi connectivity index (χ4n) is 2.24. The van der Waals surface area contributed by atoms with E-state index in [1.165, 1.54) is 0 Å². The van der Waals surface area contributed by atoms with Crippen LogP contribution in [0, 0.1) is 0 Å². The van der Waals surface area contributed by atoms with Crippen molar-refractivity contribution in [2.45, 2.75) is 25.4 Å². The summed E-state index contributed by atoms with van der Waals surface area (Å²) in [6.45, 7) is 2.88. The molecule has 3 rings (SSSR count). The Morgan fingerprint density at radius 1 is 1.47 bits per heavy atom. The predicted octanol–water partition coefficient (Wildman–Crippen LogP) is 2.76. The summed E-state index contributed by atoms with van der Waals surface area (Å²) in [5.74, 6) is 1.69. The molecule has 0 saturated carbocycles. The number of ether oxygens (including phenoxy) is 1. The second kappa shape index (κ2) is 3.92. The van der Waals surface area contributed by atoms with Crippen LogP contribution in [0.3, 0.4) is 0 Å². The van der Waals surface area contributed by atoms with Gasteiger partial charge in [0.25, 0.3) is 0 Å². The van der Waals surface area contributed by atoms with Gasteiger partial charge in [-0.2, -0.15) is 0 Å². The van der Waals surface area contributed by atoms with Crippen LogP contribution in [0.1, 0.15) is 25.6 Å². The minimum atomic E-state index is -0.316. The zero-order valence-corrected chi connectivity index (χ0v) is 10.8. The monoisotopic (exact) mass is 249 g/mol. The molecule has 0 aliphatic carbocycles. The van der Waals surface area contributed by atoms with E-state index < -0.39 is 0 Å². The first-order valence-corrected chi connectivity index (χ1v) is 6.68. The highest BCUT2D eigenvalue weighted by atomic mass is 32.1. The third-order valence-electron chi connectivity index (χ3n) is 3.25. The summed E-state index contributed by atoms with van der Waals surface area (Å²) in [6, 6.07) is 2.05. The molecule has 1 fully saturated rings. The van der Waals surface area contributed by atoms with Crippen LogP contribution in [0.5, 0.6) is 0 Å². The largest absolute Gasteiger partial charge is 0.372 e. The SMILES string of the molecule is CNc1nc(C2(C)CCCO2)nc2sccc12. The number of nitrogens with zero attached hydrogens (tertiary/aromatic N) is 2. The topological polar surface area (TPSA) is 47.0 Å². The molecule has 2 aromatic heterocycles. The van der Waals surface area contributed by atoms with E-state index >= 15 is 0 Å². The van der Waals surface area contributed by atoms with E-state index in [0.717, 1.165) is 41.3 Å². The number of hydrogen-bond acceptors (Lipinski definition) is 5. The van der Waals surface area contributed by atoms with Crippen LogP contribution < -0.4 is 5.32 Å². The smallest absolute Gasteiger partial charge is 0.163 e. The fraction of sp³-hybridized carbons (Fsp3) is 0.500. The van der Waals surface area contributed by atoms with Crippen molar-refractivity contribution in [2.24, 2.45) is 0 Å². The Balaban J connectivity index is 2.16. The van der Waals surface area contributed by atoms with E-state index in [1.807, 2.05) is 18.5 Å². The van der Waals surface area contributed by atoms with Crippen LogP contribution in [0.25, 0.3) is 10.2 Å². The average Bonchev–Trinajstić information content (AvgIpc) is 2.96. The van der Waals surface area contributed by atoms with Crippen molar-refractivity contribution >= 4 is 27.4 Å².